The number of halogens is 1. The molecule has 0 saturated heterocycles. The van der Waals surface area contributed by atoms with Gasteiger partial charge in [0.05, 0.1) is 9.40 Å². The second kappa shape index (κ2) is 6.15. The van der Waals surface area contributed by atoms with Crippen LogP contribution in [0, 0.1) is 10.1 Å². The maximum absolute atomic E-state index is 10.8. The molecule has 0 aliphatic carbocycles. The molecule has 2 N–H and O–H groups in total. The van der Waals surface area contributed by atoms with E-state index in [-0.39, 0.29) is 11.2 Å². The van der Waals surface area contributed by atoms with E-state index in [1.54, 1.807) is 6.07 Å². The van der Waals surface area contributed by atoms with Crippen LogP contribution in [0.1, 0.15) is 20.8 Å². The van der Waals surface area contributed by atoms with Gasteiger partial charge >= 0.3 is 0 Å². The molecule has 5 nitrogen and oxygen atoms in total. The molecule has 0 radical (unpaired) electrons. The van der Waals surface area contributed by atoms with Crippen LogP contribution in [-0.2, 0) is 0 Å². The molecule has 1 aromatic carbocycles. The Morgan fingerprint density at radius 3 is 2.56 bits per heavy atom. The summed E-state index contributed by atoms with van der Waals surface area (Å²) in [6.45, 7) is 7.80. The van der Waals surface area contributed by atoms with Crippen LogP contribution in [0.15, 0.2) is 22.7 Å². The van der Waals surface area contributed by atoms with Gasteiger partial charge in [-0.3, -0.25) is 10.1 Å². The molecule has 0 fully saturated rings. The van der Waals surface area contributed by atoms with Gasteiger partial charge in [0.2, 0.25) is 0 Å². The van der Waals surface area contributed by atoms with E-state index in [0.717, 1.165) is 18.8 Å². The van der Waals surface area contributed by atoms with Gasteiger partial charge in [0.25, 0.3) is 5.69 Å². The van der Waals surface area contributed by atoms with Crippen LogP contribution in [0.4, 0.5) is 11.4 Å². The third-order valence-corrected chi connectivity index (χ3v) is 2.92. The number of benzene rings is 1. The topological polar surface area (TPSA) is 67.2 Å². The standard InChI is InChI=1S/C12H18BrN3O2/c1-12(2,3)15-7-6-14-9-4-5-10(13)11(8-9)16(17)18/h4-5,8,14-15H,6-7H2,1-3H3. The summed E-state index contributed by atoms with van der Waals surface area (Å²) < 4.78 is 0.492. The molecule has 0 spiro atoms. The quantitative estimate of drug-likeness (QED) is 0.497. The number of rotatable bonds is 5. The molecule has 6 heteroatoms. The molecule has 18 heavy (non-hydrogen) atoms. The maximum Gasteiger partial charge on any atom is 0.285 e. The van der Waals surface area contributed by atoms with Crippen molar-refractivity contribution in [2.75, 3.05) is 18.4 Å². The van der Waals surface area contributed by atoms with Gasteiger partial charge in [-0.05, 0) is 48.8 Å². The van der Waals surface area contributed by atoms with E-state index in [4.69, 9.17) is 0 Å². The molecule has 0 amide bonds. The first-order chi connectivity index (χ1) is 8.29. The zero-order valence-electron chi connectivity index (χ0n) is 10.8. The summed E-state index contributed by atoms with van der Waals surface area (Å²) in [5, 5.41) is 17.3. The highest BCUT2D eigenvalue weighted by molar-refractivity contribution is 9.10. The van der Waals surface area contributed by atoms with Crippen LogP contribution in [0.5, 0.6) is 0 Å². The number of nitrogens with one attached hydrogen (secondary N) is 2. The molecule has 100 valence electrons. The summed E-state index contributed by atoms with van der Waals surface area (Å²) in [5.74, 6) is 0. The van der Waals surface area contributed by atoms with Crippen molar-refractivity contribution in [3.63, 3.8) is 0 Å². The number of hydrogen-bond acceptors (Lipinski definition) is 4. The largest absolute Gasteiger partial charge is 0.384 e. The van der Waals surface area contributed by atoms with Crippen molar-refractivity contribution in [2.45, 2.75) is 26.3 Å². The number of nitro benzene ring substituents is 1. The number of nitro groups is 1. The van der Waals surface area contributed by atoms with Gasteiger partial charge in [-0.15, -0.1) is 0 Å². The Morgan fingerprint density at radius 1 is 1.33 bits per heavy atom. The van der Waals surface area contributed by atoms with Crippen molar-refractivity contribution in [1.82, 2.24) is 5.32 Å². The molecule has 0 aliphatic heterocycles. The van der Waals surface area contributed by atoms with Crippen molar-refractivity contribution in [1.29, 1.82) is 0 Å². The van der Waals surface area contributed by atoms with Gasteiger partial charge in [0, 0.05) is 30.4 Å². The second-order valence-corrected chi connectivity index (χ2v) is 5.88. The lowest BCUT2D eigenvalue weighted by Crippen LogP contribution is -2.38. The summed E-state index contributed by atoms with van der Waals surface area (Å²) in [6, 6.07) is 5.02. The maximum atomic E-state index is 10.8. The number of hydrogen-bond donors (Lipinski definition) is 2. The lowest BCUT2D eigenvalue weighted by Gasteiger charge is -2.20. The van der Waals surface area contributed by atoms with E-state index in [1.165, 1.54) is 6.07 Å². The van der Waals surface area contributed by atoms with E-state index in [9.17, 15) is 10.1 Å². The van der Waals surface area contributed by atoms with Crippen LogP contribution in [0.2, 0.25) is 0 Å². The van der Waals surface area contributed by atoms with Crippen LogP contribution >= 0.6 is 15.9 Å². The molecule has 1 aromatic rings. The van der Waals surface area contributed by atoms with Gasteiger partial charge in [-0.25, -0.2) is 0 Å². The summed E-state index contributed by atoms with van der Waals surface area (Å²) >= 11 is 3.16. The Labute approximate surface area is 115 Å². The van der Waals surface area contributed by atoms with Crippen molar-refractivity contribution < 1.29 is 4.92 Å². The minimum absolute atomic E-state index is 0.0729. The fourth-order valence-electron chi connectivity index (χ4n) is 1.41. The van der Waals surface area contributed by atoms with E-state index in [0.29, 0.717) is 4.47 Å². The average Bonchev–Trinajstić information content (AvgIpc) is 2.24. The van der Waals surface area contributed by atoms with Crippen LogP contribution in [0.25, 0.3) is 0 Å². The van der Waals surface area contributed by atoms with Crippen molar-refractivity contribution in [2.24, 2.45) is 0 Å². The predicted octanol–water partition coefficient (Wildman–Crippen LogP) is 3.16. The molecule has 0 bridgehead atoms. The first-order valence-electron chi connectivity index (χ1n) is 5.72. The predicted molar refractivity (Wildman–Crippen MR) is 77.0 cm³/mol. The Morgan fingerprint density at radius 2 is 2.00 bits per heavy atom. The molecule has 0 aliphatic rings. The lowest BCUT2D eigenvalue weighted by atomic mass is 10.1. The van der Waals surface area contributed by atoms with Gasteiger partial charge in [-0.2, -0.15) is 0 Å². The highest BCUT2D eigenvalue weighted by Crippen LogP contribution is 2.27. The van der Waals surface area contributed by atoms with E-state index in [1.807, 2.05) is 6.07 Å². The summed E-state index contributed by atoms with van der Waals surface area (Å²) in [7, 11) is 0. The van der Waals surface area contributed by atoms with E-state index >= 15 is 0 Å². The summed E-state index contributed by atoms with van der Waals surface area (Å²) in [5.41, 5.74) is 0.900. The number of nitrogens with zero attached hydrogens (tertiary/aromatic N) is 1. The Hall–Kier alpha value is -1.14. The SMILES string of the molecule is CC(C)(C)NCCNc1ccc(Br)c([N+](=O)[O-])c1. The van der Waals surface area contributed by atoms with E-state index in [2.05, 4.69) is 47.3 Å². The molecule has 0 heterocycles. The fourth-order valence-corrected chi connectivity index (χ4v) is 1.80. The third kappa shape index (κ3) is 5.01. The normalized spacial score (nSPS) is 11.3. The van der Waals surface area contributed by atoms with Crippen molar-refractivity contribution in [3.05, 3.63) is 32.8 Å². The van der Waals surface area contributed by atoms with Crippen molar-refractivity contribution in [3.8, 4) is 0 Å². The van der Waals surface area contributed by atoms with Gasteiger partial charge in [0.1, 0.15) is 0 Å². The smallest absolute Gasteiger partial charge is 0.285 e. The van der Waals surface area contributed by atoms with Crippen LogP contribution in [-0.4, -0.2) is 23.6 Å². The Bertz CT molecular complexity index is 430. The highest BCUT2D eigenvalue weighted by atomic mass is 79.9. The lowest BCUT2D eigenvalue weighted by molar-refractivity contribution is -0.385. The number of anilines is 1. The van der Waals surface area contributed by atoms with Gasteiger partial charge in [0.15, 0.2) is 0 Å². The fraction of sp³-hybridized carbons (Fsp3) is 0.500. The summed E-state index contributed by atoms with van der Waals surface area (Å²) in [6.07, 6.45) is 0. The zero-order valence-corrected chi connectivity index (χ0v) is 12.4. The Balaban J connectivity index is 2.53. The van der Waals surface area contributed by atoms with Crippen molar-refractivity contribution >= 4 is 27.3 Å². The highest BCUT2D eigenvalue weighted by Gasteiger charge is 2.12. The minimum Gasteiger partial charge on any atom is -0.384 e. The van der Waals surface area contributed by atoms with Gasteiger partial charge in [-0.1, -0.05) is 0 Å². The van der Waals surface area contributed by atoms with Crippen LogP contribution in [0.3, 0.4) is 0 Å². The third-order valence-electron chi connectivity index (χ3n) is 2.25. The zero-order chi connectivity index (χ0) is 13.8. The summed E-state index contributed by atoms with van der Waals surface area (Å²) in [4.78, 5) is 10.4. The van der Waals surface area contributed by atoms with Gasteiger partial charge < -0.3 is 10.6 Å². The monoisotopic (exact) mass is 315 g/mol. The molecule has 0 atom stereocenters. The Kier molecular flexibility index (Phi) is 5.10. The first kappa shape index (κ1) is 14.9. The molecule has 0 unspecified atom stereocenters. The molecular weight excluding hydrogens is 298 g/mol. The molecule has 0 saturated carbocycles. The molecule has 0 aromatic heterocycles. The molecular formula is C12H18BrN3O2. The minimum atomic E-state index is -0.400. The second-order valence-electron chi connectivity index (χ2n) is 5.03. The first-order valence-corrected chi connectivity index (χ1v) is 6.52. The average molecular weight is 316 g/mol. The van der Waals surface area contributed by atoms with E-state index < -0.39 is 4.92 Å². The van der Waals surface area contributed by atoms with Crippen LogP contribution < -0.4 is 10.6 Å². The molecule has 1 rings (SSSR count).